The van der Waals surface area contributed by atoms with Crippen LogP contribution in [-0.2, 0) is 19.6 Å². The molecule has 1 aromatic rings. The number of imide groups is 1. The van der Waals surface area contributed by atoms with Crippen molar-refractivity contribution in [3.8, 4) is 0 Å². The maximum absolute atomic E-state index is 13.1. The molecule has 0 atom stereocenters. The average Bonchev–Trinajstić information content (AvgIpc) is 3.41. The number of carbonyl (C=O) groups excluding carboxylic acids is 3. The summed E-state index contributed by atoms with van der Waals surface area (Å²) in [4.78, 5) is 42.5. The largest absolute Gasteiger partial charge is 0.329 e. The van der Waals surface area contributed by atoms with Crippen LogP contribution in [0.15, 0.2) is 28.6 Å². The fourth-order valence-corrected chi connectivity index (χ4v) is 7.12. The number of aliphatic imine (C=N–C) groups is 1. The third-order valence-corrected chi connectivity index (χ3v) is 10.1. The summed E-state index contributed by atoms with van der Waals surface area (Å²) in [6.45, 7) is 4.47. The first kappa shape index (κ1) is 26.6. The van der Waals surface area contributed by atoms with Crippen molar-refractivity contribution < 1.29 is 22.8 Å². The quantitative estimate of drug-likeness (QED) is 0.535. The van der Waals surface area contributed by atoms with Crippen molar-refractivity contribution in [2.24, 2.45) is 16.8 Å². The van der Waals surface area contributed by atoms with E-state index in [1.165, 1.54) is 21.0 Å². The molecule has 2 saturated heterocycles. The van der Waals surface area contributed by atoms with Crippen LogP contribution in [0.25, 0.3) is 6.08 Å². The Labute approximate surface area is 223 Å². The molecule has 4 amide bonds. The van der Waals surface area contributed by atoms with Crippen LogP contribution in [0, 0.1) is 18.8 Å². The lowest BCUT2D eigenvalue weighted by molar-refractivity contribution is -0.125. The van der Waals surface area contributed by atoms with Crippen LogP contribution in [0.5, 0.6) is 0 Å². The first-order valence-electron chi connectivity index (χ1n) is 13.4. The number of sulfonamides is 1. The Morgan fingerprint density at radius 1 is 1.08 bits per heavy atom. The second kappa shape index (κ2) is 10.3. The molecule has 0 aromatic heterocycles. The lowest BCUT2D eigenvalue weighted by Crippen LogP contribution is -2.50. The van der Waals surface area contributed by atoms with Crippen molar-refractivity contribution in [1.82, 2.24) is 14.9 Å². The van der Waals surface area contributed by atoms with Crippen molar-refractivity contribution in [2.75, 3.05) is 24.5 Å². The van der Waals surface area contributed by atoms with Crippen molar-refractivity contribution >= 4 is 45.5 Å². The average molecular weight is 542 g/mol. The summed E-state index contributed by atoms with van der Waals surface area (Å²) < 4.78 is 27.6. The summed E-state index contributed by atoms with van der Waals surface area (Å²) in [5.41, 5.74) is 1.18. The van der Waals surface area contributed by atoms with E-state index in [1.807, 2.05) is 6.92 Å². The summed E-state index contributed by atoms with van der Waals surface area (Å²) in [6.07, 6.45) is 7.88. The lowest BCUT2D eigenvalue weighted by atomic mass is 9.80. The van der Waals surface area contributed by atoms with Gasteiger partial charge in [-0.1, -0.05) is 19.4 Å². The van der Waals surface area contributed by atoms with Gasteiger partial charge in [-0.3, -0.25) is 24.8 Å². The number of amidine groups is 1. The van der Waals surface area contributed by atoms with Gasteiger partial charge in [0.2, 0.25) is 15.9 Å². The van der Waals surface area contributed by atoms with Gasteiger partial charge in [0.15, 0.2) is 0 Å². The van der Waals surface area contributed by atoms with Crippen LogP contribution in [0.1, 0.15) is 63.0 Å². The molecule has 3 aliphatic heterocycles. The highest BCUT2D eigenvalue weighted by molar-refractivity contribution is 7.92. The molecular formula is C27H35N5O5S. The minimum absolute atomic E-state index is 0.0399. The van der Waals surface area contributed by atoms with Gasteiger partial charge in [-0.15, -0.1) is 0 Å². The zero-order valence-corrected chi connectivity index (χ0v) is 22.7. The predicted molar refractivity (Wildman–Crippen MR) is 145 cm³/mol. The Hall–Kier alpha value is -3.05. The minimum Gasteiger partial charge on any atom is -0.312 e. The van der Waals surface area contributed by atoms with Gasteiger partial charge in [0.05, 0.1) is 0 Å². The lowest BCUT2D eigenvalue weighted by Gasteiger charge is -2.34. The van der Waals surface area contributed by atoms with E-state index < -0.39 is 21.6 Å². The molecule has 204 valence electrons. The molecule has 5 rings (SSSR count). The summed E-state index contributed by atoms with van der Waals surface area (Å²) in [7, 11) is -3.69. The van der Waals surface area contributed by atoms with Crippen LogP contribution in [-0.4, -0.2) is 61.6 Å². The first-order valence-corrected chi connectivity index (χ1v) is 14.9. The number of anilines is 1. The van der Waals surface area contributed by atoms with E-state index in [2.05, 4.69) is 17.6 Å². The van der Waals surface area contributed by atoms with Crippen molar-refractivity contribution in [3.05, 3.63) is 34.7 Å². The number of hydrogen-bond acceptors (Lipinski definition) is 6. The Bertz CT molecular complexity index is 1300. The Morgan fingerprint density at radius 2 is 1.79 bits per heavy atom. The highest BCUT2D eigenvalue weighted by Crippen LogP contribution is 2.36. The fraction of sp³-hybridized carbons (Fsp3) is 0.556. The normalized spacial score (nSPS) is 26.2. The fourth-order valence-electron chi connectivity index (χ4n) is 5.94. The van der Waals surface area contributed by atoms with Crippen molar-refractivity contribution in [1.29, 1.82) is 0 Å². The Morgan fingerprint density at radius 3 is 2.39 bits per heavy atom. The smallest absolute Gasteiger partial charge is 0.312 e. The summed E-state index contributed by atoms with van der Waals surface area (Å²) >= 11 is 0. The summed E-state index contributed by atoms with van der Waals surface area (Å²) in [6, 6.07) is 4.69. The molecule has 38 heavy (non-hydrogen) atoms. The zero-order chi connectivity index (χ0) is 27.1. The standard InChI is InChI=1S/C27H35N5O5S/c1-3-19-4-6-21(7-5-19)24-29-25(34)27(30-24)11-13-31(14-12-27)38(36,37)15-10-20-8-9-22(16-18(20)2)32-17-23(33)28-26(32)35/h8-10,15-16,19,21H,3-7,11-14,17H2,1-2H3,(H,28,33,35)(H,29,30,34)/b15-10+/t19-,21-. The number of carbonyl (C=O) groups is 3. The van der Waals surface area contributed by atoms with E-state index in [-0.39, 0.29) is 31.4 Å². The third-order valence-electron chi connectivity index (χ3n) is 8.50. The number of nitrogens with zero attached hydrogens (tertiary/aromatic N) is 3. The second-order valence-electron chi connectivity index (χ2n) is 10.8. The van der Waals surface area contributed by atoms with Gasteiger partial charge in [-0.25, -0.2) is 13.2 Å². The molecule has 0 radical (unpaired) electrons. The zero-order valence-electron chi connectivity index (χ0n) is 21.9. The molecule has 10 nitrogen and oxygen atoms in total. The van der Waals surface area contributed by atoms with E-state index in [4.69, 9.17) is 4.99 Å². The number of amides is 4. The molecule has 4 aliphatic rings. The Kier molecular flexibility index (Phi) is 7.17. The molecule has 1 saturated carbocycles. The number of aryl methyl sites for hydroxylation is 1. The van der Waals surface area contributed by atoms with Crippen LogP contribution in [0.2, 0.25) is 0 Å². The number of rotatable bonds is 6. The van der Waals surface area contributed by atoms with Crippen molar-refractivity contribution in [3.63, 3.8) is 0 Å². The van der Waals surface area contributed by atoms with E-state index in [0.29, 0.717) is 30.0 Å². The number of urea groups is 1. The van der Waals surface area contributed by atoms with Crippen LogP contribution in [0.4, 0.5) is 10.5 Å². The van der Waals surface area contributed by atoms with Gasteiger partial charge >= 0.3 is 6.03 Å². The first-order chi connectivity index (χ1) is 18.1. The van der Waals surface area contributed by atoms with Gasteiger partial charge < -0.3 is 5.32 Å². The Balaban J connectivity index is 1.22. The van der Waals surface area contributed by atoms with Gasteiger partial charge in [-0.05, 0) is 80.7 Å². The highest BCUT2D eigenvalue weighted by atomic mass is 32.2. The van der Waals surface area contributed by atoms with E-state index in [0.717, 1.165) is 43.0 Å². The molecule has 11 heteroatoms. The summed E-state index contributed by atoms with van der Waals surface area (Å²) in [5.74, 6) is 1.40. The third kappa shape index (κ3) is 5.13. The van der Waals surface area contributed by atoms with Crippen LogP contribution >= 0.6 is 0 Å². The van der Waals surface area contributed by atoms with E-state index >= 15 is 0 Å². The molecule has 0 unspecified atom stereocenters. The van der Waals surface area contributed by atoms with Crippen LogP contribution < -0.4 is 15.5 Å². The van der Waals surface area contributed by atoms with Crippen molar-refractivity contribution in [2.45, 2.75) is 64.3 Å². The SMILES string of the molecule is CC[C@H]1CC[C@H](C2=NC3(CCN(S(=O)(=O)/C=C/c4ccc(N5CC(=O)NC5=O)cc4C)CC3)C(=O)N2)CC1. The predicted octanol–water partition coefficient (Wildman–Crippen LogP) is 2.93. The molecule has 3 heterocycles. The van der Waals surface area contributed by atoms with Gasteiger partial charge in [0, 0.05) is 30.1 Å². The molecule has 3 fully saturated rings. The second-order valence-corrected chi connectivity index (χ2v) is 12.7. The van der Waals surface area contributed by atoms with E-state index in [1.54, 1.807) is 24.3 Å². The molecule has 1 aromatic carbocycles. The maximum atomic E-state index is 13.1. The molecular weight excluding hydrogens is 506 g/mol. The molecule has 1 spiro atoms. The molecule has 0 bridgehead atoms. The van der Waals surface area contributed by atoms with Gasteiger partial charge in [0.25, 0.3) is 5.91 Å². The monoisotopic (exact) mass is 541 g/mol. The minimum atomic E-state index is -3.69. The molecule has 1 aliphatic carbocycles. The van der Waals surface area contributed by atoms with Gasteiger partial charge in [0.1, 0.15) is 17.9 Å². The number of piperidine rings is 1. The topological polar surface area (TPSA) is 128 Å². The van der Waals surface area contributed by atoms with Crippen LogP contribution in [0.3, 0.4) is 0 Å². The molecule has 2 N–H and O–H groups in total. The summed E-state index contributed by atoms with van der Waals surface area (Å²) in [5, 5.41) is 6.46. The van der Waals surface area contributed by atoms with Gasteiger partial charge in [-0.2, -0.15) is 4.31 Å². The number of nitrogens with one attached hydrogen (secondary N) is 2. The number of hydrogen-bond donors (Lipinski definition) is 2. The van der Waals surface area contributed by atoms with E-state index in [9.17, 15) is 22.8 Å². The maximum Gasteiger partial charge on any atom is 0.329 e. The number of benzene rings is 1. The highest BCUT2D eigenvalue weighted by Gasteiger charge is 2.48.